The third-order valence-electron chi connectivity index (χ3n) is 3.41. The monoisotopic (exact) mass is 336 g/mol. The molecule has 0 aromatic rings. The molecule has 0 unspecified atom stereocenters. The van der Waals surface area contributed by atoms with Gasteiger partial charge in [0.25, 0.3) is 0 Å². The number of unbranched alkanes of at least 4 members (excludes halogenated alkanes) is 3. The molecule has 0 saturated carbocycles. The van der Waals surface area contributed by atoms with Crippen molar-refractivity contribution < 1.29 is 3.07 Å². The van der Waals surface area contributed by atoms with Crippen molar-refractivity contribution in [1.29, 1.82) is 0 Å². The van der Waals surface area contributed by atoms with E-state index in [2.05, 4.69) is 27.7 Å². The van der Waals surface area contributed by atoms with Crippen LogP contribution >= 0.6 is 0 Å². The Morgan fingerprint density at radius 3 is 1.31 bits per heavy atom. The zero-order valence-electron chi connectivity index (χ0n) is 12.0. The number of hydrogen-bond donors (Lipinski definition) is 0. The van der Waals surface area contributed by atoms with E-state index in [1.807, 2.05) is 0 Å². The summed E-state index contributed by atoms with van der Waals surface area (Å²) in [5.74, 6) is 0. The Morgan fingerprint density at radius 1 is 0.688 bits per heavy atom. The van der Waals surface area contributed by atoms with Crippen LogP contribution in [-0.4, -0.2) is 25.4 Å². The molecule has 0 atom stereocenters. The average molecular weight is 335 g/mol. The summed E-state index contributed by atoms with van der Waals surface area (Å²) < 4.78 is 10.8. The van der Waals surface area contributed by atoms with Gasteiger partial charge in [-0.15, -0.1) is 0 Å². The fourth-order valence-electron chi connectivity index (χ4n) is 2.39. The van der Waals surface area contributed by atoms with Crippen molar-refractivity contribution in [2.45, 2.75) is 79.5 Å². The Bertz CT molecular complexity index is 126. The average Bonchev–Trinajstić information content (AvgIpc) is 2.31. The molecule has 0 radical (unpaired) electrons. The molecule has 0 amide bonds. The van der Waals surface area contributed by atoms with Crippen LogP contribution in [0.5, 0.6) is 0 Å². The van der Waals surface area contributed by atoms with Crippen molar-refractivity contribution in [3.05, 3.63) is 0 Å². The molecule has 16 heavy (non-hydrogen) atoms. The molecule has 0 heterocycles. The molecule has 0 aromatic carbocycles. The molecule has 0 rings (SSSR count). The van der Waals surface area contributed by atoms with Crippen LogP contribution in [-0.2, 0) is 3.07 Å². The van der Waals surface area contributed by atoms with Crippen molar-refractivity contribution in [1.82, 2.24) is 0 Å². The van der Waals surface area contributed by atoms with Crippen LogP contribution < -0.4 is 0 Å². The summed E-state index contributed by atoms with van der Waals surface area (Å²) in [5, 5.41) is 0. The summed E-state index contributed by atoms with van der Waals surface area (Å²) in [6.45, 7) is 10.1. The normalized spacial score (nSPS) is 12.0. The minimum absolute atomic E-state index is 0.965. The number of rotatable bonds is 11. The van der Waals surface area contributed by atoms with Crippen molar-refractivity contribution >= 4 is 18.8 Å². The van der Waals surface area contributed by atoms with Crippen LogP contribution in [0.2, 0.25) is 13.3 Å². The Balaban J connectivity index is 4.32. The van der Waals surface area contributed by atoms with Gasteiger partial charge in [-0.1, -0.05) is 0 Å². The van der Waals surface area contributed by atoms with Crippen LogP contribution in [0.15, 0.2) is 0 Å². The van der Waals surface area contributed by atoms with E-state index < -0.39 is 18.8 Å². The maximum atomic E-state index is 6.35. The first-order valence-corrected chi connectivity index (χ1v) is 14.6. The van der Waals surface area contributed by atoms with Gasteiger partial charge in [-0.05, 0) is 0 Å². The molecule has 0 aromatic heterocycles. The Morgan fingerprint density at radius 2 is 1.06 bits per heavy atom. The van der Waals surface area contributed by atoms with E-state index in [1.54, 1.807) is 0 Å². The van der Waals surface area contributed by atoms with Crippen molar-refractivity contribution in [2.24, 2.45) is 0 Å². The molecule has 0 bridgehead atoms. The second kappa shape index (κ2) is 10.9. The Hall–Kier alpha value is 0.759. The van der Waals surface area contributed by atoms with E-state index in [0.717, 1.165) is 6.61 Å². The van der Waals surface area contributed by atoms with Gasteiger partial charge in [0, 0.05) is 0 Å². The third kappa shape index (κ3) is 7.16. The van der Waals surface area contributed by atoms with Gasteiger partial charge in [0.2, 0.25) is 0 Å². The summed E-state index contributed by atoms with van der Waals surface area (Å²) >= 11 is -2.16. The summed E-state index contributed by atoms with van der Waals surface area (Å²) in [6, 6.07) is 0. The van der Waals surface area contributed by atoms with Gasteiger partial charge in [0.1, 0.15) is 0 Å². The van der Waals surface area contributed by atoms with E-state index in [1.165, 1.54) is 51.8 Å². The quantitative estimate of drug-likeness (QED) is 0.461. The van der Waals surface area contributed by atoms with Crippen LogP contribution in [0.25, 0.3) is 0 Å². The summed E-state index contributed by atoms with van der Waals surface area (Å²) in [7, 11) is 0. The van der Waals surface area contributed by atoms with Gasteiger partial charge in [-0.25, -0.2) is 0 Å². The van der Waals surface area contributed by atoms with E-state index >= 15 is 0 Å². The van der Waals surface area contributed by atoms with Gasteiger partial charge >= 0.3 is 108 Å². The second-order valence-corrected chi connectivity index (χ2v) is 16.8. The molecule has 0 N–H and O–H groups in total. The standard InChI is InChI=1S/3C4H9.C2H5O.Sn/c3*1-3-4-2;1-2-3;/h3*1,3-4H2,2H3;2H2,1H3;/q;;;-1;+1. The topological polar surface area (TPSA) is 9.23 Å². The van der Waals surface area contributed by atoms with Crippen molar-refractivity contribution in [2.75, 3.05) is 6.61 Å². The van der Waals surface area contributed by atoms with Crippen LogP contribution in [0.1, 0.15) is 66.2 Å². The SMILES string of the molecule is CCC[CH2][Sn]([CH2]CCC)([CH2]CCC)[O]CC. The first-order chi connectivity index (χ1) is 7.74. The molecular formula is C14H32OSn. The summed E-state index contributed by atoms with van der Waals surface area (Å²) in [5.41, 5.74) is 0. The van der Waals surface area contributed by atoms with Crippen molar-refractivity contribution in [3.8, 4) is 0 Å². The predicted molar refractivity (Wildman–Crippen MR) is 76.5 cm³/mol. The molecule has 0 saturated heterocycles. The summed E-state index contributed by atoms with van der Waals surface area (Å²) in [4.78, 5) is 0. The second-order valence-electron chi connectivity index (χ2n) is 4.93. The minimum atomic E-state index is -2.16. The Labute approximate surface area is 108 Å². The summed E-state index contributed by atoms with van der Waals surface area (Å²) in [6.07, 6.45) is 8.23. The van der Waals surface area contributed by atoms with Gasteiger partial charge in [-0.2, -0.15) is 0 Å². The van der Waals surface area contributed by atoms with Crippen molar-refractivity contribution in [3.63, 3.8) is 0 Å². The molecule has 0 aliphatic carbocycles. The molecule has 98 valence electrons. The van der Waals surface area contributed by atoms with Gasteiger partial charge in [0.05, 0.1) is 0 Å². The van der Waals surface area contributed by atoms with Crippen LogP contribution in [0.4, 0.5) is 0 Å². The van der Waals surface area contributed by atoms with E-state index in [-0.39, 0.29) is 0 Å². The molecular weight excluding hydrogens is 303 g/mol. The van der Waals surface area contributed by atoms with E-state index in [9.17, 15) is 0 Å². The van der Waals surface area contributed by atoms with Crippen LogP contribution in [0.3, 0.4) is 0 Å². The fourth-order valence-corrected chi connectivity index (χ4v) is 16.1. The number of hydrogen-bond acceptors (Lipinski definition) is 1. The van der Waals surface area contributed by atoms with E-state index in [0.29, 0.717) is 0 Å². The Kier molecular flexibility index (Phi) is 11.4. The third-order valence-corrected chi connectivity index (χ3v) is 16.8. The van der Waals surface area contributed by atoms with Crippen LogP contribution in [0, 0.1) is 0 Å². The fraction of sp³-hybridized carbons (Fsp3) is 1.00. The molecule has 0 aliphatic heterocycles. The molecule has 1 nitrogen and oxygen atoms in total. The molecule has 0 spiro atoms. The zero-order valence-corrected chi connectivity index (χ0v) is 14.8. The predicted octanol–water partition coefficient (Wildman–Crippen LogP) is 5.37. The van der Waals surface area contributed by atoms with Gasteiger partial charge in [0.15, 0.2) is 0 Å². The van der Waals surface area contributed by atoms with Gasteiger partial charge in [-0.3, -0.25) is 0 Å². The molecule has 2 heteroatoms. The van der Waals surface area contributed by atoms with E-state index in [4.69, 9.17) is 3.07 Å². The molecule has 0 aliphatic rings. The first kappa shape index (κ1) is 16.8. The molecule has 0 fully saturated rings. The zero-order chi connectivity index (χ0) is 12.3. The maximum absolute atomic E-state index is 6.35. The first-order valence-electron chi connectivity index (χ1n) is 7.38. The van der Waals surface area contributed by atoms with Gasteiger partial charge < -0.3 is 0 Å².